The number of nitrogens with one attached hydrogen (secondary N) is 1. The molecule has 1 amide bonds. The molecule has 0 spiro atoms. The Morgan fingerprint density at radius 2 is 1.64 bits per heavy atom. The fraction of sp³-hybridized carbons (Fsp3) is 0.200. The van der Waals surface area contributed by atoms with E-state index in [0.29, 0.717) is 16.6 Å². The van der Waals surface area contributed by atoms with Gasteiger partial charge in [0.25, 0.3) is 0 Å². The van der Waals surface area contributed by atoms with Gasteiger partial charge in [-0.3, -0.25) is 14.0 Å². The van der Waals surface area contributed by atoms with Gasteiger partial charge >= 0.3 is 0 Å². The number of thioether (sulfide) groups is 1. The molecule has 7 nitrogen and oxygen atoms in total. The lowest BCUT2D eigenvalue weighted by molar-refractivity contribution is -0.122. The van der Waals surface area contributed by atoms with Gasteiger partial charge in [0.2, 0.25) is 5.91 Å². The summed E-state index contributed by atoms with van der Waals surface area (Å²) in [5, 5.41) is 13.0. The zero-order valence-electron chi connectivity index (χ0n) is 18.1. The average Bonchev–Trinajstić information content (AvgIpc) is 3.28. The molecule has 3 heterocycles. The number of nitrogens with zero attached hydrogens (tertiary/aromatic N) is 4. The highest BCUT2D eigenvalue weighted by molar-refractivity contribution is 7.98. The van der Waals surface area contributed by atoms with Crippen molar-refractivity contribution in [1.29, 1.82) is 0 Å². The first-order valence-electron chi connectivity index (χ1n) is 10.8. The van der Waals surface area contributed by atoms with E-state index in [9.17, 15) is 9.59 Å². The zero-order valence-corrected chi connectivity index (χ0v) is 19.0. The van der Waals surface area contributed by atoms with Gasteiger partial charge in [0.1, 0.15) is 6.54 Å². The van der Waals surface area contributed by atoms with E-state index in [4.69, 9.17) is 0 Å². The molecule has 5 aromatic rings. The molecule has 3 aromatic heterocycles. The Labute approximate surface area is 194 Å². The maximum Gasteiger partial charge on any atom is 0.240 e. The molecule has 0 bridgehead atoms. The lowest BCUT2D eigenvalue weighted by atomic mass is 10.1. The molecule has 1 atom stereocenters. The summed E-state index contributed by atoms with van der Waals surface area (Å²) in [6, 6.07) is 20.3. The van der Waals surface area contributed by atoms with Crippen LogP contribution in [0.25, 0.3) is 27.5 Å². The number of aromatic nitrogens is 4. The maximum atomic E-state index is 13.3. The van der Waals surface area contributed by atoms with Crippen molar-refractivity contribution in [3.63, 3.8) is 0 Å². The summed E-state index contributed by atoms with van der Waals surface area (Å²) in [6.45, 7) is 0.0911. The van der Waals surface area contributed by atoms with E-state index in [-0.39, 0.29) is 23.9 Å². The standard InChI is InChI=1S/C25H23N5O2S/c1-33-15-13-19(25-28-27-22-12-6-7-14-29(22)25)26-23(31)16-30-20-10-4-2-8-17(20)24(32)18-9-3-5-11-21(18)30/h2-12,14,19H,13,15-16H2,1H3,(H,26,31). The van der Waals surface area contributed by atoms with E-state index in [0.717, 1.165) is 28.9 Å². The summed E-state index contributed by atoms with van der Waals surface area (Å²) in [5.41, 5.74) is 2.20. The Morgan fingerprint density at radius 1 is 0.970 bits per heavy atom. The topological polar surface area (TPSA) is 81.3 Å². The molecule has 2 aromatic carbocycles. The van der Waals surface area contributed by atoms with Crippen molar-refractivity contribution < 1.29 is 4.79 Å². The van der Waals surface area contributed by atoms with Gasteiger partial charge in [-0.25, -0.2) is 0 Å². The molecule has 0 aliphatic heterocycles. The second kappa shape index (κ2) is 9.07. The van der Waals surface area contributed by atoms with E-state index >= 15 is 0 Å². The minimum atomic E-state index is -0.278. The molecule has 1 N–H and O–H groups in total. The van der Waals surface area contributed by atoms with Crippen molar-refractivity contribution in [3.8, 4) is 0 Å². The number of pyridine rings is 2. The fourth-order valence-corrected chi connectivity index (χ4v) is 4.70. The maximum absolute atomic E-state index is 13.3. The Balaban J connectivity index is 1.52. The number of hydrogen-bond donors (Lipinski definition) is 1. The van der Waals surface area contributed by atoms with Gasteiger partial charge in [0, 0.05) is 17.0 Å². The number of carbonyl (C=O) groups is 1. The van der Waals surface area contributed by atoms with Crippen LogP contribution in [0.15, 0.2) is 77.7 Å². The Kier molecular flexibility index (Phi) is 5.83. The molecular weight excluding hydrogens is 434 g/mol. The Bertz CT molecular complexity index is 1460. The molecular formula is C25H23N5O2S. The first-order valence-corrected chi connectivity index (χ1v) is 12.1. The SMILES string of the molecule is CSCCC(NC(=O)Cn1c2ccccc2c(=O)c2ccccc21)c1nnc2ccccn12. The molecule has 1 unspecified atom stereocenters. The predicted molar refractivity (Wildman–Crippen MR) is 133 cm³/mol. The number of fused-ring (bicyclic) bond motifs is 3. The van der Waals surface area contributed by atoms with Crippen LogP contribution in [0.4, 0.5) is 0 Å². The monoisotopic (exact) mass is 457 g/mol. The minimum absolute atomic E-state index is 0.0226. The Hall–Kier alpha value is -3.65. The largest absolute Gasteiger partial charge is 0.344 e. The number of rotatable bonds is 7. The minimum Gasteiger partial charge on any atom is -0.344 e. The number of hydrogen-bond acceptors (Lipinski definition) is 5. The molecule has 0 radical (unpaired) electrons. The molecule has 0 aliphatic carbocycles. The van der Waals surface area contributed by atoms with Gasteiger partial charge in [-0.2, -0.15) is 11.8 Å². The van der Waals surface area contributed by atoms with Crippen molar-refractivity contribution >= 4 is 45.1 Å². The fourth-order valence-electron chi connectivity index (χ4n) is 4.23. The van der Waals surface area contributed by atoms with Gasteiger partial charge in [0.05, 0.1) is 17.1 Å². The van der Waals surface area contributed by atoms with E-state index in [1.54, 1.807) is 11.8 Å². The Morgan fingerprint density at radius 3 is 2.33 bits per heavy atom. The lowest BCUT2D eigenvalue weighted by Crippen LogP contribution is -2.33. The highest BCUT2D eigenvalue weighted by Gasteiger charge is 2.21. The van der Waals surface area contributed by atoms with E-state index in [2.05, 4.69) is 15.5 Å². The van der Waals surface area contributed by atoms with Crippen molar-refractivity contribution in [2.24, 2.45) is 0 Å². The number of para-hydroxylation sites is 2. The average molecular weight is 458 g/mol. The summed E-state index contributed by atoms with van der Waals surface area (Å²) in [4.78, 5) is 26.3. The van der Waals surface area contributed by atoms with Crippen LogP contribution in [0.3, 0.4) is 0 Å². The first kappa shape index (κ1) is 21.2. The van der Waals surface area contributed by atoms with Crippen molar-refractivity contribution in [2.45, 2.75) is 19.0 Å². The highest BCUT2D eigenvalue weighted by Crippen LogP contribution is 2.21. The molecule has 0 saturated heterocycles. The van der Waals surface area contributed by atoms with Crippen LogP contribution in [-0.2, 0) is 11.3 Å². The number of amides is 1. The highest BCUT2D eigenvalue weighted by atomic mass is 32.2. The van der Waals surface area contributed by atoms with Crippen LogP contribution in [0.1, 0.15) is 18.3 Å². The number of carbonyl (C=O) groups excluding carboxylic acids is 1. The van der Waals surface area contributed by atoms with E-state index in [1.165, 1.54) is 0 Å². The molecule has 33 heavy (non-hydrogen) atoms. The van der Waals surface area contributed by atoms with Gasteiger partial charge in [-0.15, -0.1) is 10.2 Å². The normalized spacial score (nSPS) is 12.4. The summed E-state index contributed by atoms with van der Waals surface area (Å²) in [7, 11) is 0. The first-order chi connectivity index (χ1) is 16.2. The second-order valence-corrected chi connectivity index (χ2v) is 8.82. The van der Waals surface area contributed by atoms with E-state index < -0.39 is 0 Å². The zero-order chi connectivity index (χ0) is 22.8. The lowest BCUT2D eigenvalue weighted by Gasteiger charge is -2.19. The van der Waals surface area contributed by atoms with E-state index in [1.807, 2.05) is 88.2 Å². The van der Waals surface area contributed by atoms with Gasteiger partial charge in [-0.05, 0) is 54.8 Å². The van der Waals surface area contributed by atoms with Crippen LogP contribution < -0.4 is 10.7 Å². The van der Waals surface area contributed by atoms with Gasteiger partial charge < -0.3 is 9.88 Å². The van der Waals surface area contributed by atoms with Crippen LogP contribution in [0, 0.1) is 0 Å². The molecule has 0 fully saturated rings. The third-order valence-corrected chi connectivity index (χ3v) is 6.42. The van der Waals surface area contributed by atoms with Crippen LogP contribution in [0.2, 0.25) is 0 Å². The summed E-state index contributed by atoms with van der Waals surface area (Å²) >= 11 is 1.72. The molecule has 0 saturated carbocycles. The molecule has 166 valence electrons. The van der Waals surface area contributed by atoms with Gasteiger partial charge in [0.15, 0.2) is 16.9 Å². The van der Waals surface area contributed by atoms with Crippen LogP contribution >= 0.6 is 11.8 Å². The number of benzene rings is 2. The summed E-state index contributed by atoms with van der Waals surface area (Å²) < 4.78 is 3.82. The van der Waals surface area contributed by atoms with Gasteiger partial charge in [-0.1, -0.05) is 30.3 Å². The van der Waals surface area contributed by atoms with Crippen LogP contribution in [-0.4, -0.2) is 37.1 Å². The van der Waals surface area contributed by atoms with Crippen molar-refractivity contribution in [2.75, 3.05) is 12.0 Å². The summed E-state index contributed by atoms with van der Waals surface area (Å²) in [6.07, 6.45) is 4.68. The van der Waals surface area contributed by atoms with Crippen LogP contribution in [0.5, 0.6) is 0 Å². The second-order valence-electron chi connectivity index (χ2n) is 7.84. The third kappa shape index (κ3) is 3.98. The molecule has 8 heteroatoms. The van der Waals surface area contributed by atoms with Crippen molar-refractivity contribution in [3.05, 3.63) is 89.0 Å². The molecule has 0 aliphatic rings. The molecule has 5 rings (SSSR count). The smallest absolute Gasteiger partial charge is 0.240 e. The quantitative estimate of drug-likeness (QED) is 0.376. The third-order valence-electron chi connectivity index (χ3n) is 5.78. The summed E-state index contributed by atoms with van der Waals surface area (Å²) in [5.74, 6) is 1.44. The predicted octanol–water partition coefficient (Wildman–Crippen LogP) is 3.81. The van der Waals surface area contributed by atoms with Crippen molar-refractivity contribution in [1.82, 2.24) is 24.5 Å².